The molecule has 1 aliphatic heterocycles. The van der Waals surface area contributed by atoms with Gasteiger partial charge >= 0.3 is 5.97 Å². The lowest BCUT2D eigenvalue weighted by Crippen LogP contribution is -2.32. The fourth-order valence-electron chi connectivity index (χ4n) is 3.80. The zero-order valence-corrected chi connectivity index (χ0v) is 16.8. The summed E-state index contributed by atoms with van der Waals surface area (Å²) in [4.78, 5) is 31.4. The van der Waals surface area contributed by atoms with E-state index < -0.39 is 5.97 Å². The monoisotopic (exact) mass is 405 g/mol. The van der Waals surface area contributed by atoms with Crippen LogP contribution >= 0.6 is 0 Å². The SMILES string of the molecule is CC#CCn1c(N2CCCCC2)nc2cnn(Cc3cccc(C(=O)O)c3)c(=O)c21. The molecule has 1 aliphatic rings. The molecule has 154 valence electrons. The summed E-state index contributed by atoms with van der Waals surface area (Å²) in [6, 6.07) is 6.52. The molecule has 1 N–H and O–H groups in total. The highest BCUT2D eigenvalue weighted by Gasteiger charge is 2.21. The van der Waals surface area contributed by atoms with E-state index in [4.69, 9.17) is 4.98 Å². The van der Waals surface area contributed by atoms with E-state index in [9.17, 15) is 14.7 Å². The minimum atomic E-state index is -1.00. The lowest BCUT2D eigenvalue weighted by atomic mass is 10.1. The smallest absolute Gasteiger partial charge is 0.335 e. The summed E-state index contributed by atoms with van der Waals surface area (Å²) in [5.74, 6) is 5.70. The Morgan fingerprint density at radius 3 is 2.77 bits per heavy atom. The predicted molar refractivity (Wildman–Crippen MR) is 114 cm³/mol. The largest absolute Gasteiger partial charge is 0.478 e. The van der Waals surface area contributed by atoms with E-state index in [-0.39, 0.29) is 17.7 Å². The molecule has 0 saturated carbocycles. The lowest BCUT2D eigenvalue weighted by Gasteiger charge is -2.27. The van der Waals surface area contributed by atoms with Gasteiger partial charge in [-0.3, -0.25) is 9.36 Å². The molecule has 1 saturated heterocycles. The van der Waals surface area contributed by atoms with Gasteiger partial charge in [-0.15, -0.1) is 5.92 Å². The molecular formula is C22H23N5O3. The van der Waals surface area contributed by atoms with Crippen LogP contribution in [0.25, 0.3) is 11.0 Å². The van der Waals surface area contributed by atoms with Gasteiger partial charge in [0.1, 0.15) is 11.0 Å². The molecular weight excluding hydrogens is 382 g/mol. The number of rotatable bonds is 5. The van der Waals surface area contributed by atoms with Crippen molar-refractivity contribution in [2.45, 2.75) is 39.3 Å². The lowest BCUT2D eigenvalue weighted by molar-refractivity contribution is 0.0696. The molecule has 0 bridgehead atoms. The third kappa shape index (κ3) is 3.79. The van der Waals surface area contributed by atoms with E-state index in [0.29, 0.717) is 23.1 Å². The Bertz CT molecular complexity index is 1210. The molecule has 0 atom stereocenters. The van der Waals surface area contributed by atoms with Crippen LogP contribution < -0.4 is 10.5 Å². The minimum Gasteiger partial charge on any atom is -0.478 e. The fourth-order valence-corrected chi connectivity index (χ4v) is 3.80. The molecule has 8 nitrogen and oxygen atoms in total. The molecule has 3 heterocycles. The summed E-state index contributed by atoms with van der Waals surface area (Å²) in [5, 5.41) is 13.5. The Morgan fingerprint density at radius 1 is 1.23 bits per heavy atom. The first kappa shape index (κ1) is 19.7. The second-order valence-corrected chi connectivity index (χ2v) is 7.32. The molecule has 0 unspecified atom stereocenters. The van der Waals surface area contributed by atoms with E-state index >= 15 is 0 Å². The first-order chi connectivity index (χ1) is 14.6. The van der Waals surface area contributed by atoms with E-state index in [2.05, 4.69) is 21.8 Å². The van der Waals surface area contributed by atoms with Crippen molar-refractivity contribution in [3.8, 4) is 11.8 Å². The van der Waals surface area contributed by atoms with Gasteiger partial charge in [0.25, 0.3) is 5.56 Å². The number of nitrogens with zero attached hydrogens (tertiary/aromatic N) is 5. The average molecular weight is 405 g/mol. The van der Waals surface area contributed by atoms with Crippen molar-refractivity contribution in [3.63, 3.8) is 0 Å². The summed E-state index contributed by atoms with van der Waals surface area (Å²) >= 11 is 0. The Morgan fingerprint density at radius 2 is 2.03 bits per heavy atom. The minimum absolute atomic E-state index is 0.178. The van der Waals surface area contributed by atoms with E-state index in [1.54, 1.807) is 31.3 Å². The van der Waals surface area contributed by atoms with Gasteiger partial charge in [-0.25, -0.2) is 14.5 Å². The number of fused-ring (bicyclic) bond motifs is 1. The maximum absolute atomic E-state index is 13.3. The van der Waals surface area contributed by atoms with Gasteiger partial charge in [0, 0.05) is 13.1 Å². The zero-order chi connectivity index (χ0) is 21.1. The first-order valence-corrected chi connectivity index (χ1v) is 10.0. The quantitative estimate of drug-likeness (QED) is 0.655. The van der Waals surface area contributed by atoms with E-state index in [0.717, 1.165) is 31.9 Å². The number of imidazole rings is 1. The van der Waals surface area contributed by atoms with Crippen LogP contribution in [0.3, 0.4) is 0 Å². The number of anilines is 1. The summed E-state index contributed by atoms with van der Waals surface area (Å²) in [7, 11) is 0. The number of hydrogen-bond acceptors (Lipinski definition) is 5. The molecule has 0 radical (unpaired) electrons. The van der Waals surface area contributed by atoms with Crippen molar-refractivity contribution in [2.75, 3.05) is 18.0 Å². The predicted octanol–water partition coefficient (Wildman–Crippen LogP) is 2.35. The third-order valence-corrected chi connectivity index (χ3v) is 5.29. The molecule has 1 aromatic carbocycles. The molecule has 0 amide bonds. The number of carboxylic acid groups (broad SMARTS) is 1. The van der Waals surface area contributed by atoms with Gasteiger partial charge in [-0.2, -0.15) is 5.10 Å². The van der Waals surface area contributed by atoms with Crippen molar-refractivity contribution < 1.29 is 9.90 Å². The van der Waals surface area contributed by atoms with Crippen LogP contribution in [0, 0.1) is 11.8 Å². The van der Waals surface area contributed by atoms with Crippen LogP contribution in [-0.2, 0) is 13.1 Å². The van der Waals surface area contributed by atoms with Gasteiger partial charge in [0.05, 0.1) is 24.8 Å². The standard InChI is InChI=1S/C22H23N5O3/c1-2-3-12-26-19-18(24-22(26)25-10-5-4-6-11-25)14-23-27(20(19)28)15-16-8-7-9-17(13-16)21(29)30/h7-9,13-14H,4-6,10-12,15H2,1H3,(H,29,30). The van der Waals surface area contributed by atoms with Crippen molar-refractivity contribution in [3.05, 3.63) is 51.9 Å². The molecule has 30 heavy (non-hydrogen) atoms. The number of carbonyl (C=O) groups is 1. The molecule has 4 rings (SSSR count). The molecule has 2 aromatic heterocycles. The van der Waals surface area contributed by atoms with Gasteiger partial charge in [0.15, 0.2) is 0 Å². The number of piperidine rings is 1. The van der Waals surface area contributed by atoms with Crippen LogP contribution in [-0.4, -0.2) is 43.5 Å². The number of benzene rings is 1. The average Bonchev–Trinajstić information content (AvgIpc) is 3.14. The maximum Gasteiger partial charge on any atom is 0.335 e. The van der Waals surface area contributed by atoms with Crippen molar-refractivity contribution in [1.82, 2.24) is 19.3 Å². The van der Waals surface area contributed by atoms with E-state index in [1.807, 2.05) is 4.57 Å². The summed E-state index contributed by atoms with van der Waals surface area (Å²) in [5.41, 5.74) is 1.63. The Labute approximate surface area is 173 Å². The zero-order valence-electron chi connectivity index (χ0n) is 16.8. The number of aromatic carboxylic acids is 1. The van der Waals surface area contributed by atoms with Crippen LogP contribution in [0.15, 0.2) is 35.3 Å². The van der Waals surface area contributed by atoms with Crippen molar-refractivity contribution >= 4 is 23.0 Å². The third-order valence-electron chi connectivity index (χ3n) is 5.29. The van der Waals surface area contributed by atoms with Crippen molar-refractivity contribution in [2.24, 2.45) is 0 Å². The molecule has 0 spiro atoms. The molecule has 0 aliphatic carbocycles. The van der Waals surface area contributed by atoms with Gasteiger partial charge < -0.3 is 10.0 Å². The molecule has 3 aromatic rings. The highest BCUT2D eigenvalue weighted by molar-refractivity contribution is 5.87. The van der Waals surface area contributed by atoms with Crippen LogP contribution in [0.4, 0.5) is 5.95 Å². The van der Waals surface area contributed by atoms with Gasteiger partial charge in [-0.05, 0) is 43.9 Å². The summed E-state index contributed by atoms with van der Waals surface area (Å²) in [6.45, 7) is 4.15. The summed E-state index contributed by atoms with van der Waals surface area (Å²) in [6.07, 6.45) is 5.01. The number of carboxylic acids is 1. The van der Waals surface area contributed by atoms with Crippen LogP contribution in [0.1, 0.15) is 42.1 Å². The first-order valence-electron chi connectivity index (χ1n) is 10.0. The Balaban J connectivity index is 1.78. The summed E-state index contributed by atoms with van der Waals surface area (Å²) < 4.78 is 3.23. The Hall–Kier alpha value is -3.60. The normalized spacial score (nSPS) is 13.8. The second kappa shape index (κ2) is 8.41. The van der Waals surface area contributed by atoms with Gasteiger partial charge in [0.2, 0.25) is 5.95 Å². The van der Waals surface area contributed by atoms with E-state index in [1.165, 1.54) is 17.2 Å². The highest BCUT2D eigenvalue weighted by atomic mass is 16.4. The topological polar surface area (TPSA) is 93.2 Å². The second-order valence-electron chi connectivity index (χ2n) is 7.32. The molecule has 8 heteroatoms. The number of aromatic nitrogens is 4. The van der Waals surface area contributed by atoms with Crippen LogP contribution in [0.2, 0.25) is 0 Å². The maximum atomic E-state index is 13.3. The van der Waals surface area contributed by atoms with Crippen LogP contribution in [0.5, 0.6) is 0 Å². The molecule has 1 fully saturated rings. The van der Waals surface area contributed by atoms with Crippen molar-refractivity contribution in [1.29, 1.82) is 0 Å². The highest BCUT2D eigenvalue weighted by Crippen LogP contribution is 2.23. The fraction of sp³-hybridized carbons (Fsp3) is 0.364. The Kier molecular flexibility index (Phi) is 5.53. The number of hydrogen-bond donors (Lipinski definition) is 1. The van der Waals surface area contributed by atoms with Gasteiger partial charge in [-0.1, -0.05) is 18.1 Å².